The van der Waals surface area contributed by atoms with Crippen LogP contribution >= 0.6 is 12.4 Å². The van der Waals surface area contributed by atoms with Gasteiger partial charge in [0, 0.05) is 30.3 Å². The van der Waals surface area contributed by atoms with Crippen LogP contribution in [0.4, 0.5) is 5.69 Å². The van der Waals surface area contributed by atoms with Crippen LogP contribution in [0.2, 0.25) is 0 Å². The van der Waals surface area contributed by atoms with Crippen molar-refractivity contribution in [3.05, 3.63) is 95.3 Å². The summed E-state index contributed by atoms with van der Waals surface area (Å²) in [7, 11) is 1.92. The number of aryl methyl sites for hydroxylation is 1. The monoisotopic (exact) mass is 477 g/mol. The molecule has 0 aliphatic rings. The number of imidazole rings is 1. The molecular formula is C25H24ClN5O3. The number of nitrogens with zero attached hydrogens (tertiary/aromatic N) is 3. The van der Waals surface area contributed by atoms with Gasteiger partial charge in [0.15, 0.2) is 0 Å². The summed E-state index contributed by atoms with van der Waals surface area (Å²) < 4.78 is 1.97. The van der Waals surface area contributed by atoms with Crippen LogP contribution in [0.25, 0.3) is 11.0 Å². The molecule has 0 saturated carbocycles. The smallest absolute Gasteiger partial charge is 0.323 e. The lowest BCUT2D eigenvalue weighted by molar-refractivity contribution is -0.135. The Kier molecular flexibility index (Phi) is 7.33. The van der Waals surface area contributed by atoms with E-state index in [2.05, 4.69) is 0 Å². The van der Waals surface area contributed by atoms with E-state index in [0.29, 0.717) is 28.8 Å². The highest BCUT2D eigenvalue weighted by Gasteiger charge is 2.21. The highest BCUT2D eigenvalue weighted by molar-refractivity contribution is 6.08. The molecule has 0 unspecified atom stereocenters. The second-order valence-corrected chi connectivity index (χ2v) is 7.70. The lowest BCUT2D eigenvalue weighted by Gasteiger charge is -2.21. The third kappa shape index (κ3) is 5.07. The Morgan fingerprint density at radius 3 is 2.32 bits per heavy atom. The summed E-state index contributed by atoms with van der Waals surface area (Å²) in [6.07, 6.45) is 0.570. The van der Waals surface area contributed by atoms with E-state index in [1.165, 1.54) is 4.90 Å². The number of rotatable bonds is 7. The van der Waals surface area contributed by atoms with Gasteiger partial charge in [0.2, 0.25) is 0 Å². The van der Waals surface area contributed by atoms with Gasteiger partial charge in [-0.3, -0.25) is 19.9 Å². The number of hydrogen-bond donors (Lipinski definition) is 3. The molecule has 1 aromatic heterocycles. The number of anilines is 1. The number of carboxylic acid groups (broad SMARTS) is 1. The molecule has 1 heterocycles. The van der Waals surface area contributed by atoms with Crippen LogP contribution in [0.3, 0.4) is 0 Å². The Bertz CT molecular complexity index is 1350. The number of halogens is 1. The Balaban J connectivity index is 0.00000324. The van der Waals surface area contributed by atoms with Crippen molar-refractivity contribution in [3.63, 3.8) is 0 Å². The Hall–Kier alpha value is -4.17. The van der Waals surface area contributed by atoms with E-state index in [-0.39, 0.29) is 24.1 Å². The minimum atomic E-state index is -1.10. The van der Waals surface area contributed by atoms with E-state index in [4.69, 9.17) is 16.1 Å². The number of fused-ring (bicyclic) bond motifs is 1. The van der Waals surface area contributed by atoms with Gasteiger partial charge in [0.05, 0.1) is 11.0 Å². The number of carbonyl (C=O) groups excluding carboxylic acids is 1. The zero-order chi connectivity index (χ0) is 23.5. The number of carboxylic acids is 1. The number of hydrogen-bond acceptors (Lipinski definition) is 4. The maximum absolute atomic E-state index is 13.0. The number of nitrogens with one attached hydrogen (secondary N) is 1. The molecule has 0 spiro atoms. The van der Waals surface area contributed by atoms with Crippen LogP contribution < -0.4 is 10.6 Å². The summed E-state index contributed by atoms with van der Waals surface area (Å²) in [6.45, 7) is -0.457. The molecule has 0 aliphatic carbocycles. The first-order valence-electron chi connectivity index (χ1n) is 10.3. The molecule has 1 amide bonds. The zero-order valence-corrected chi connectivity index (χ0v) is 19.2. The molecule has 8 nitrogen and oxygen atoms in total. The van der Waals surface area contributed by atoms with Crippen LogP contribution in [0.1, 0.15) is 27.3 Å². The highest BCUT2D eigenvalue weighted by atomic mass is 35.5. The molecule has 0 saturated heterocycles. The molecule has 0 fully saturated rings. The van der Waals surface area contributed by atoms with E-state index in [1.54, 1.807) is 54.6 Å². The van der Waals surface area contributed by atoms with Crippen molar-refractivity contribution in [1.82, 2.24) is 9.55 Å². The Morgan fingerprint density at radius 1 is 1.03 bits per heavy atom. The predicted octanol–water partition coefficient (Wildman–Crippen LogP) is 3.60. The first kappa shape index (κ1) is 24.5. The van der Waals surface area contributed by atoms with Gasteiger partial charge in [-0.2, -0.15) is 0 Å². The van der Waals surface area contributed by atoms with E-state index in [9.17, 15) is 14.7 Å². The summed E-state index contributed by atoms with van der Waals surface area (Å²) in [5.74, 6) is -0.654. The standard InChI is InChI=1S/C25H23N5O3.ClH/c1-29-21-12-11-19(30(15-23(31)32)25(33)18-5-3-2-4-6-18)14-20(21)28-22(29)13-16-7-9-17(10-8-16)24(26)27;/h2-12,14H,13,15H2,1H3,(H3,26,27)(H,31,32);1H. The topological polar surface area (TPSA) is 125 Å². The van der Waals surface area contributed by atoms with Crippen molar-refractivity contribution >= 4 is 46.8 Å². The second-order valence-electron chi connectivity index (χ2n) is 7.70. The first-order valence-corrected chi connectivity index (χ1v) is 10.3. The van der Waals surface area contributed by atoms with Gasteiger partial charge in [0.25, 0.3) is 5.91 Å². The predicted molar refractivity (Wildman–Crippen MR) is 134 cm³/mol. The molecular weight excluding hydrogens is 454 g/mol. The first-order chi connectivity index (χ1) is 15.8. The van der Waals surface area contributed by atoms with Crippen LogP contribution in [0.15, 0.2) is 72.8 Å². The van der Waals surface area contributed by atoms with E-state index >= 15 is 0 Å². The van der Waals surface area contributed by atoms with Crippen LogP contribution in [-0.4, -0.2) is 38.9 Å². The number of carbonyl (C=O) groups is 2. The summed E-state index contributed by atoms with van der Waals surface area (Å²) in [5.41, 5.74) is 9.62. The molecule has 4 aromatic rings. The summed E-state index contributed by atoms with van der Waals surface area (Å²) in [6, 6.07) is 21.3. The van der Waals surface area contributed by atoms with Gasteiger partial charge in [-0.25, -0.2) is 4.98 Å². The normalized spacial score (nSPS) is 10.5. The largest absolute Gasteiger partial charge is 0.480 e. The van der Waals surface area contributed by atoms with Crippen molar-refractivity contribution in [2.24, 2.45) is 12.8 Å². The SMILES string of the molecule is Cl.Cn1c(Cc2ccc(C(=N)N)cc2)nc2cc(N(CC(=O)O)C(=O)c3ccccc3)ccc21. The highest BCUT2D eigenvalue weighted by Crippen LogP contribution is 2.25. The molecule has 0 bridgehead atoms. The molecule has 0 radical (unpaired) electrons. The molecule has 0 atom stereocenters. The number of amidine groups is 1. The van der Waals surface area contributed by atoms with Crippen molar-refractivity contribution < 1.29 is 14.7 Å². The molecule has 3 aromatic carbocycles. The van der Waals surface area contributed by atoms with Crippen LogP contribution in [0.5, 0.6) is 0 Å². The number of aliphatic carboxylic acids is 1. The van der Waals surface area contributed by atoms with Gasteiger partial charge in [-0.1, -0.05) is 42.5 Å². The zero-order valence-electron chi connectivity index (χ0n) is 18.4. The van der Waals surface area contributed by atoms with E-state index in [0.717, 1.165) is 16.9 Å². The number of nitrogen functional groups attached to an aromatic ring is 1. The maximum Gasteiger partial charge on any atom is 0.323 e. The van der Waals surface area contributed by atoms with Gasteiger partial charge in [0.1, 0.15) is 18.2 Å². The molecule has 0 aliphatic heterocycles. The molecule has 4 N–H and O–H groups in total. The Morgan fingerprint density at radius 2 is 1.71 bits per heavy atom. The van der Waals surface area contributed by atoms with Gasteiger partial charge in [-0.05, 0) is 35.9 Å². The quantitative estimate of drug-likeness (QED) is 0.277. The average Bonchev–Trinajstić information content (AvgIpc) is 3.12. The van der Waals surface area contributed by atoms with Crippen LogP contribution in [0, 0.1) is 5.41 Å². The second kappa shape index (κ2) is 10.2. The number of nitrogens with two attached hydrogens (primary N) is 1. The lowest BCUT2D eigenvalue weighted by Crippen LogP contribution is -2.35. The van der Waals surface area contributed by atoms with Gasteiger partial charge < -0.3 is 15.4 Å². The third-order valence-electron chi connectivity index (χ3n) is 5.46. The van der Waals surface area contributed by atoms with Gasteiger partial charge in [-0.15, -0.1) is 12.4 Å². The molecule has 9 heteroatoms. The number of amides is 1. The van der Waals surface area contributed by atoms with Gasteiger partial charge >= 0.3 is 5.97 Å². The third-order valence-corrected chi connectivity index (χ3v) is 5.46. The van der Waals surface area contributed by atoms with Crippen molar-refractivity contribution in [2.75, 3.05) is 11.4 Å². The fraction of sp³-hybridized carbons (Fsp3) is 0.120. The number of benzene rings is 3. The fourth-order valence-corrected chi connectivity index (χ4v) is 3.70. The summed E-state index contributed by atoms with van der Waals surface area (Å²) in [4.78, 5) is 30.5. The van der Waals surface area contributed by atoms with Crippen LogP contribution in [-0.2, 0) is 18.3 Å². The molecule has 4 rings (SSSR count). The minimum absolute atomic E-state index is 0. The Labute approximate surface area is 202 Å². The van der Waals surface area contributed by atoms with Crippen molar-refractivity contribution in [2.45, 2.75) is 6.42 Å². The summed E-state index contributed by atoms with van der Waals surface area (Å²) >= 11 is 0. The lowest BCUT2D eigenvalue weighted by atomic mass is 10.1. The van der Waals surface area contributed by atoms with Crippen molar-refractivity contribution in [3.8, 4) is 0 Å². The van der Waals surface area contributed by atoms with E-state index in [1.807, 2.05) is 29.8 Å². The minimum Gasteiger partial charge on any atom is -0.480 e. The number of aromatic nitrogens is 2. The summed E-state index contributed by atoms with van der Waals surface area (Å²) in [5, 5.41) is 16.9. The molecule has 174 valence electrons. The van der Waals surface area contributed by atoms with E-state index < -0.39 is 12.5 Å². The van der Waals surface area contributed by atoms with Crippen molar-refractivity contribution in [1.29, 1.82) is 5.41 Å². The maximum atomic E-state index is 13.0. The average molecular weight is 478 g/mol. The molecule has 34 heavy (non-hydrogen) atoms. The fourth-order valence-electron chi connectivity index (χ4n) is 3.70.